The van der Waals surface area contributed by atoms with E-state index in [0.717, 1.165) is 11.1 Å². The van der Waals surface area contributed by atoms with Gasteiger partial charge in [0, 0.05) is 5.69 Å². The van der Waals surface area contributed by atoms with Gasteiger partial charge in [-0.3, -0.25) is 14.9 Å². The lowest BCUT2D eigenvalue weighted by molar-refractivity contribution is -0.125. The minimum atomic E-state index is -0.683. The van der Waals surface area contributed by atoms with Gasteiger partial charge >= 0.3 is 0 Å². The molecule has 21 heavy (non-hydrogen) atoms. The van der Waals surface area contributed by atoms with Crippen LogP contribution in [0, 0.1) is 13.8 Å². The Labute approximate surface area is 121 Å². The molecule has 3 rings (SSSR count). The van der Waals surface area contributed by atoms with Gasteiger partial charge in [0.15, 0.2) is 0 Å². The summed E-state index contributed by atoms with van der Waals surface area (Å²) in [6, 6.07) is 5.11. The van der Waals surface area contributed by atoms with Gasteiger partial charge in [0.1, 0.15) is 12.4 Å². The van der Waals surface area contributed by atoms with Crippen LogP contribution in [0.15, 0.2) is 24.5 Å². The van der Waals surface area contributed by atoms with Crippen molar-refractivity contribution < 1.29 is 9.59 Å². The fourth-order valence-corrected chi connectivity index (χ4v) is 2.48. The Morgan fingerprint density at radius 1 is 1.33 bits per heavy atom. The van der Waals surface area contributed by atoms with Crippen molar-refractivity contribution >= 4 is 23.5 Å². The van der Waals surface area contributed by atoms with Gasteiger partial charge in [-0.1, -0.05) is 6.07 Å². The molecule has 1 aliphatic heterocycles. The largest absolute Gasteiger partial charge is 0.324 e. The predicted molar refractivity (Wildman–Crippen MR) is 76.9 cm³/mol. The average Bonchev–Trinajstić information content (AvgIpc) is 2.84. The lowest BCUT2D eigenvalue weighted by Gasteiger charge is -2.22. The molecule has 1 aromatic carbocycles. The number of hydrogen-bond acceptors (Lipinski definition) is 4. The summed E-state index contributed by atoms with van der Waals surface area (Å²) in [5.74, 6) is -0.218. The molecule has 2 amide bonds. The SMILES string of the molecule is Cc1cc(C)cc(NC(=O)[C@H]2CC(=O)Nc3ncnn32)c1. The van der Waals surface area contributed by atoms with Crippen LogP contribution in [0.3, 0.4) is 0 Å². The molecule has 2 aromatic rings. The fourth-order valence-electron chi connectivity index (χ4n) is 2.48. The van der Waals surface area contributed by atoms with E-state index in [1.165, 1.54) is 11.0 Å². The van der Waals surface area contributed by atoms with Gasteiger partial charge < -0.3 is 5.32 Å². The molecular formula is C14H15N5O2. The van der Waals surface area contributed by atoms with Gasteiger partial charge in [0.05, 0.1) is 6.42 Å². The number of rotatable bonds is 2. The molecule has 7 heteroatoms. The van der Waals surface area contributed by atoms with Crippen molar-refractivity contribution in [1.29, 1.82) is 0 Å². The van der Waals surface area contributed by atoms with E-state index in [0.29, 0.717) is 11.6 Å². The summed E-state index contributed by atoms with van der Waals surface area (Å²) in [7, 11) is 0. The number of benzene rings is 1. The van der Waals surface area contributed by atoms with E-state index >= 15 is 0 Å². The molecule has 0 radical (unpaired) electrons. The molecule has 2 N–H and O–H groups in total. The maximum absolute atomic E-state index is 12.4. The Balaban J connectivity index is 1.85. The summed E-state index contributed by atoms with van der Waals surface area (Å²) in [6.07, 6.45) is 1.37. The summed E-state index contributed by atoms with van der Waals surface area (Å²) in [5.41, 5.74) is 2.84. The second kappa shape index (κ2) is 5.01. The van der Waals surface area contributed by atoms with Crippen LogP contribution in [0.4, 0.5) is 11.6 Å². The predicted octanol–water partition coefficient (Wildman–Crippen LogP) is 1.42. The van der Waals surface area contributed by atoms with Gasteiger partial charge in [-0.05, 0) is 37.1 Å². The van der Waals surface area contributed by atoms with Crippen LogP contribution < -0.4 is 10.6 Å². The molecule has 1 atom stereocenters. The summed E-state index contributed by atoms with van der Waals surface area (Å²) < 4.78 is 1.43. The monoisotopic (exact) mass is 285 g/mol. The van der Waals surface area contributed by atoms with Gasteiger partial charge in [-0.15, -0.1) is 0 Å². The first-order valence-electron chi connectivity index (χ1n) is 6.61. The standard InChI is InChI=1S/C14H15N5O2/c1-8-3-9(2)5-10(4-8)17-13(21)11-6-12(20)18-14-15-7-16-19(11)14/h3-5,7,11H,6H2,1-2H3,(H,17,21)(H,15,16,18,20)/t11-/m1/s1. The highest BCUT2D eigenvalue weighted by atomic mass is 16.2. The van der Waals surface area contributed by atoms with Crippen LogP contribution in [0.1, 0.15) is 23.6 Å². The zero-order valence-electron chi connectivity index (χ0n) is 11.8. The molecule has 108 valence electrons. The van der Waals surface area contributed by atoms with Crippen LogP contribution in [-0.2, 0) is 9.59 Å². The number of carbonyl (C=O) groups excluding carboxylic acids is 2. The third-order valence-electron chi connectivity index (χ3n) is 3.29. The van der Waals surface area contributed by atoms with Crippen LogP contribution in [0.2, 0.25) is 0 Å². The highest BCUT2D eigenvalue weighted by Crippen LogP contribution is 2.23. The summed E-state index contributed by atoms with van der Waals surface area (Å²) in [6.45, 7) is 3.93. The molecule has 0 spiro atoms. The highest BCUT2D eigenvalue weighted by Gasteiger charge is 2.31. The number of fused-ring (bicyclic) bond motifs is 1. The Morgan fingerprint density at radius 2 is 2.05 bits per heavy atom. The van der Waals surface area contributed by atoms with Crippen molar-refractivity contribution in [2.45, 2.75) is 26.3 Å². The molecule has 0 saturated heterocycles. The number of anilines is 2. The first-order valence-corrected chi connectivity index (χ1v) is 6.61. The number of aryl methyl sites for hydroxylation is 2. The fraction of sp³-hybridized carbons (Fsp3) is 0.286. The third kappa shape index (κ3) is 2.62. The Morgan fingerprint density at radius 3 is 2.76 bits per heavy atom. The van der Waals surface area contributed by atoms with Gasteiger partial charge in [-0.2, -0.15) is 10.1 Å². The summed E-state index contributed by atoms with van der Waals surface area (Å²) in [4.78, 5) is 28.0. The molecule has 2 heterocycles. The molecule has 0 saturated carbocycles. The summed E-state index contributed by atoms with van der Waals surface area (Å²) >= 11 is 0. The first kappa shape index (κ1) is 13.3. The van der Waals surface area contributed by atoms with Crippen LogP contribution in [-0.4, -0.2) is 26.6 Å². The lowest BCUT2D eigenvalue weighted by Crippen LogP contribution is -2.36. The molecule has 1 aromatic heterocycles. The molecule has 7 nitrogen and oxygen atoms in total. The van der Waals surface area contributed by atoms with Crippen molar-refractivity contribution in [3.8, 4) is 0 Å². The van der Waals surface area contributed by atoms with Crippen LogP contribution >= 0.6 is 0 Å². The maximum atomic E-state index is 12.4. The van der Waals surface area contributed by atoms with E-state index in [2.05, 4.69) is 20.7 Å². The van der Waals surface area contributed by atoms with Gasteiger partial charge in [-0.25, -0.2) is 4.68 Å². The van der Waals surface area contributed by atoms with Crippen molar-refractivity contribution in [3.05, 3.63) is 35.7 Å². The van der Waals surface area contributed by atoms with E-state index < -0.39 is 6.04 Å². The van der Waals surface area contributed by atoms with Crippen LogP contribution in [0.25, 0.3) is 0 Å². The lowest BCUT2D eigenvalue weighted by atomic mass is 10.1. The minimum Gasteiger partial charge on any atom is -0.324 e. The van der Waals surface area contributed by atoms with E-state index in [4.69, 9.17) is 0 Å². The molecule has 0 unspecified atom stereocenters. The smallest absolute Gasteiger partial charge is 0.249 e. The molecule has 0 fully saturated rings. The van der Waals surface area contributed by atoms with E-state index in [1.54, 1.807) is 0 Å². The number of nitrogens with zero attached hydrogens (tertiary/aromatic N) is 3. The molecule has 0 aliphatic carbocycles. The molecule has 1 aliphatic rings. The maximum Gasteiger partial charge on any atom is 0.249 e. The second-order valence-electron chi connectivity index (χ2n) is 5.16. The van der Waals surface area contributed by atoms with Crippen molar-refractivity contribution in [2.24, 2.45) is 0 Å². The Hall–Kier alpha value is -2.70. The summed E-state index contributed by atoms with van der Waals surface area (Å²) in [5, 5.41) is 9.41. The van der Waals surface area contributed by atoms with Gasteiger partial charge in [0.25, 0.3) is 0 Å². The van der Waals surface area contributed by atoms with Crippen LogP contribution in [0.5, 0.6) is 0 Å². The number of carbonyl (C=O) groups is 2. The minimum absolute atomic E-state index is 0.0486. The quantitative estimate of drug-likeness (QED) is 0.873. The number of nitrogens with one attached hydrogen (secondary N) is 2. The second-order valence-corrected chi connectivity index (χ2v) is 5.16. The van der Waals surface area contributed by atoms with Crippen molar-refractivity contribution in [1.82, 2.24) is 14.8 Å². The van der Waals surface area contributed by atoms with E-state index in [1.807, 2.05) is 32.0 Å². The van der Waals surface area contributed by atoms with Crippen molar-refractivity contribution in [2.75, 3.05) is 10.6 Å². The van der Waals surface area contributed by atoms with Crippen molar-refractivity contribution in [3.63, 3.8) is 0 Å². The van der Waals surface area contributed by atoms with E-state index in [9.17, 15) is 9.59 Å². The number of amides is 2. The molecular weight excluding hydrogens is 270 g/mol. The number of hydrogen-bond donors (Lipinski definition) is 2. The van der Waals surface area contributed by atoms with E-state index in [-0.39, 0.29) is 18.2 Å². The third-order valence-corrected chi connectivity index (χ3v) is 3.29. The van der Waals surface area contributed by atoms with Gasteiger partial charge in [0.2, 0.25) is 17.8 Å². The normalized spacial score (nSPS) is 17.0. The Kier molecular flexibility index (Phi) is 3.17. The zero-order valence-corrected chi connectivity index (χ0v) is 11.8. The average molecular weight is 285 g/mol. The zero-order chi connectivity index (χ0) is 15.0. The topological polar surface area (TPSA) is 88.9 Å². The molecule has 0 bridgehead atoms. The first-order chi connectivity index (χ1) is 10.0. The highest BCUT2D eigenvalue weighted by molar-refractivity contribution is 6.00. The number of aromatic nitrogens is 3. The Bertz CT molecular complexity index is 702.